The second-order valence-electron chi connectivity index (χ2n) is 5.66. The van der Waals surface area contributed by atoms with Crippen LogP contribution in [0, 0.1) is 22.7 Å². The lowest BCUT2D eigenvalue weighted by Crippen LogP contribution is -2.25. The second-order valence-corrected chi connectivity index (χ2v) is 6.07. The quantitative estimate of drug-likeness (QED) is 0.880. The van der Waals surface area contributed by atoms with Crippen molar-refractivity contribution in [1.82, 2.24) is 5.32 Å². The van der Waals surface area contributed by atoms with E-state index in [9.17, 15) is 0 Å². The Bertz CT molecular complexity index is 496. The molecule has 2 nitrogen and oxygen atoms in total. The van der Waals surface area contributed by atoms with E-state index in [1.54, 1.807) is 6.07 Å². The first kappa shape index (κ1) is 12.0. The molecule has 1 aromatic carbocycles. The van der Waals surface area contributed by atoms with Crippen LogP contribution in [0.4, 0.5) is 0 Å². The van der Waals surface area contributed by atoms with Gasteiger partial charge >= 0.3 is 0 Å². The Morgan fingerprint density at radius 1 is 1.39 bits per heavy atom. The lowest BCUT2D eigenvalue weighted by molar-refractivity contribution is 0.403. The molecule has 0 aromatic heterocycles. The Hall–Kier alpha value is -1.04. The van der Waals surface area contributed by atoms with Crippen LogP contribution < -0.4 is 5.32 Å². The summed E-state index contributed by atoms with van der Waals surface area (Å²) in [6.07, 6.45) is 5.65. The van der Waals surface area contributed by atoms with Crippen LogP contribution >= 0.6 is 11.6 Å². The third-order valence-corrected chi connectivity index (χ3v) is 4.66. The lowest BCUT2D eigenvalue weighted by Gasteiger charge is -2.15. The highest BCUT2D eigenvalue weighted by atomic mass is 35.5. The molecule has 0 spiro atoms. The van der Waals surface area contributed by atoms with Gasteiger partial charge in [-0.05, 0) is 54.7 Å². The standard InChI is InChI=1S/C15H17ClN2/c16-14-7-11(8-17)1-2-12(14)9-18-10-15(5-6-15)13-3-4-13/h1-2,7,13,18H,3-6,9-10H2. The third kappa shape index (κ3) is 2.39. The van der Waals surface area contributed by atoms with Gasteiger partial charge in [-0.3, -0.25) is 0 Å². The smallest absolute Gasteiger partial charge is 0.0992 e. The van der Waals surface area contributed by atoms with E-state index < -0.39 is 0 Å². The maximum atomic E-state index is 8.79. The molecule has 0 heterocycles. The molecule has 0 radical (unpaired) electrons. The van der Waals surface area contributed by atoms with Gasteiger partial charge < -0.3 is 5.32 Å². The molecule has 0 unspecified atom stereocenters. The van der Waals surface area contributed by atoms with Gasteiger partial charge in [-0.2, -0.15) is 5.26 Å². The van der Waals surface area contributed by atoms with Crippen molar-refractivity contribution >= 4 is 11.6 Å². The highest BCUT2D eigenvalue weighted by molar-refractivity contribution is 6.31. The first-order valence-corrected chi connectivity index (χ1v) is 7.01. The number of hydrogen-bond acceptors (Lipinski definition) is 2. The largest absolute Gasteiger partial charge is 0.312 e. The minimum absolute atomic E-state index is 0.624. The predicted octanol–water partition coefficient (Wildman–Crippen LogP) is 3.49. The van der Waals surface area contributed by atoms with Gasteiger partial charge in [-0.1, -0.05) is 17.7 Å². The molecule has 18 heavy (non-hydrogen) atoms. The summed E-state index contributed by atoms with van der Waals surface area (Å²) in [6, 6.07) is 7.63. The van der Waals surface area contributed by atoms with E-state index in [2.05, 4.69) is 11.4 Å². The molecular weight excluding hydrogens is 244 g/mol. The van der Waals surface area contributed by atoms with Gasteiger partial charge in [0.05, 0.1) is 11.6 Å². The fraction of sp³-hybridized carbons (Fsp3) is 0.533. The maximum Gasteiger partial charge on any atom is 0.0992 e. The van der Waals surface area contributed by atoms with Gasteiger partial charge in [-0.25, -0.2) is 0 Å². The first-order chi connectivity index (χ1) is 8.73. The van der Waals surface area contributed by atoms with Crippen molar-refractivity contribution in [2.75, 3.05) is 6.54 Å². The minimum Gasteiger partial charge on any atom is -0.312 e. The van der Waals surface area contributed by atoms with Crippen molar-refractivity contribution in [3.63, 3.8) is 0 Å². The van der Waals surface area contributed by atoms with Crippen molar-refractivity contribution in [2.45, 2.75) is 32.2 Å². The van der Waals surface area contributed by atoms with Crippen LogP contribution in [0.3, 0.4) is 0 Å². The van der Waals surface area contributed by atoms with Gasteiger partial charge in [0, 0.05) is 18.1 Å². The Labute approximate surface area is 113 Å². The summed E-state index contributed by atoms with van der Waals surface area (Å²) in [7, 11) is 0. The molecule has 0 atom stereocenters. The Kier molecular flexibility index (Phi) is 3.05. The van der Waals surface area contributed by atoms with Crippen LogP contribution in [-0.4, -0.2) is 6.54 Å². The number of nitrogens with one attached hydrogen (secondary N) is 1. The number of rotatable bonds is 5. The van der Waals surface area contributed by atoms with Gasteiger partial charge in [0.25, 0.3) is 0 Å². The van der Waals surface area contributed by atoms with Crippen LogP contribution in [0.5, 0.6) is 0 Å². The monoisotopic (exact) mass is 260 g/mol. The predicted molar refractivity (Wildman–Crippen MR) is 72.3 cm³/mol. The topological polar surface area (TPSA) is 35.8 Å². The molecular formula is C15H17ClN2. The van der Waals surface area contributed by atoms with Crippen LogP contribution in [0.25, 0.3) is 0 Å². The average Bonchev–Trinajstić information content (AvgIpc) is 3.24. The summed E-state index contributed by atoms with van der Waals surface area (Å²) in [5.41, 5.74) is 2.33. The van der Waals surface area contributed by atoms with Gasteiger partial charge in [0.1, 0.15) is 0 Å². The number of hydrogen-bond donors (Lipinski definition) is 1. The lowest BCUT2D eigenvalue weighted by atomic mass is 10.0. The van der Waals surface area contributed by atoms with Crippen LogP contribution in [0.1, 0.15) is 36.8 Å². The van der Waals surface area contributed by atoms with Gasteiger partial charge in [0.2, 0.25) is 0 Å². The molecule has 94 valence electrons. The van der Waals surface area contributed by atoms with E-state index in [0.717, 1.165) is 24.6 Å². The van der Waals surface area contributed by atoms with E-state index in [-0.39, 0.29) is 0 Å². The third-order valence-electron chi connectivity index (χ3n) is 4.31. The summed E-state index contributed by atoms with van der Waals surface area (Å²) < 4.78 is 0. The van der Waals surface area contributed by atoms with Crippen LogP contribution in [0.2, 0.25) is 5.02 Å². The zero-order chi connectivity index (χ0) is 12.6. The SMILES string of the molecule is N#Cc1ccc(CNCC2(C3CC3)CC2)c(Cl)c1. The first-order valence-electron chi connectivity index (χ1n) is 6.63. The van der Waals surface area contributed by atoms with E-state index in [1.165, 1.54) is 25.7 Å². The summed E-state index contributed by atoms with van der Waals surface area (Å²) in [4.78, 5) is 0. The van der Waals surface area contributed by atoms with E-state index in [1.807, 2.05) is 12.1 Å². The summed E-state index contributed by atoms with van der Waals surface area (Å²) >= 11 is 6.16. The van der Waals surface area contributed by atoms with Gasteiger partial charge in [-0.15, -0.1) is 0 Å². The molecule has 2 fully saturated rings. The van der Waals surface area contributed by atoms with Gasteiger partial charge in [0.15, 0.2) is 0 Å². The number of benzene rings is 1. The Morgan fingerprint density at radius 3 is 2.72 bits per heavy atom. The van der Waals surface area contributed by atoms with Crippen molar-refractivity contribution < 1.29 is 0 Å². The zero-order valence-corrected chi connectivity index (χ0v) is 11.1. The molecule has 3 heteroatoms. The number of halogens is 1. The number of nitriles is 1. The molecule has 0 amide bonds. The summed E-state index contributed by atoms with van der Waals surface area (Å²) in [5.74, 6) is 0.987. The van der Waals surface area contributed by atoms with Crippen molar-refractivity contribution in [2.24, 2.45) is 11.3 Å². The average molecular weight is 261 g/mol. The molecule has 2 aliphatic rings. The minimum atomic E-state index is 0.624. The highest BCUT2D eigenvalue weighted by Crippen LogP contribution is 2.60. The zero-order valence-electron chi connectivity index (χ0n) is 10.4. The second kappa shape index (κ2) is 4.57. The fourth-order valence-electron chi connectivity index (χ4n) is 2.79. The summed E-state index contributed by atoms with van der Waals surface area (Å²) in [6.45, 7) is 1.92. The summed E-state index contributed by atoms with van der Waals surface area (Å²) in [5, 5.41) is 13.0. The Morgan fingerprint density at radius 2 is 2.17 bits per heavy atom. The van der Waals surface area contributed by atoms with Crippen LogP contribution in [0.15, 0.2) is 18.2 Å². The fourth-order valence-corrected chi connectivity index (χ4v) is 3.04. The molecule has 1 N–H and O–H groups in total. The van der Waals surface area contributed by atoms with Crippen molar-refractivity contribution in [1.29, 1.82) is 5.26 Å². The normalized spacial score (nSPS) is 20.4. The van der Waals surface area contributed by atoms with E-state index in [0.29, 0.717) is 16.0 Å². The molecule has 3 rings (SSSR count). The van der Waals surface area contributed by atoms with Crippen molar-refractivity contribution in [3.8, 4) is 6.07 Å². The van der Waals surface area contributed by atoms with Crippen molar-refractivity contribution in [3.05, 3.63) is 34.3 Å². The van der Waals surface area contributed by atoms with E-state index in [4.69, 9.17) is 16.9 Å². The molecule has 2 aliphatic carbocycles. The molecule has 0 aliphatic heterocycles. The maximum absolute atomic E-state index is 8.79. The Balaban J connectivity index is 1.55. The van der Waals surface area contributed by atoms with E-state index >= 15 is 0 Å². The number of nitrogens with zero attached hydrogens (tertiary/aromatic N) is 1. The molecule has 0 saturated heterocycles. The molecule has 2 saturated carbocycles. The molecule has 0 bridgehead atoms. The van der Waals surface area contributed by atoms with Crippen LogP contribution in [-0.2, 0) is 6.54 Å². The highest BCUT2D eigenvalue weighted by Gasteiger charge is 2.53. The molecule has 1 aromatic rings.